The molecule has 2 aromatic rings. The molecule has 5 nitrogen and oxygen atoms in total. The van der Waals surface area contributed by atoms with Gasteiger partial charge in [0.2, 0.25) is 5.91 Å². The van der Waals surface area contributed by atoms with Crippen LogP contribution in [0, 0.1) is 11.7 Å². The highest BCUT2D eigenvalue weighted by atomic mass is 32.2. The van der Waals surface area contributed by atoms with Gasteiger partial charge in [-0.2, -0.15) is 13.2 Å². The lowest BCUT2D eigenvalue weighted by molar-refractivity contribution is -0.179. The van der Waals surface area contributed by atoms with Crippen molar-refractivity contribution in [3.63, 3.8) is 0 Å². The van der Waals surface area contributed by atoms with Crippen molar-refractivity contribution in [1.82, 2.24) is 20.1 Å². The second-order valence-corrected chi connectivity index (χ2v) is 6.98. The quantitative estimate of drug-likeness (QED) is 0.632. The van der Waals surface area contributed by atoms with Gasteiger partial charge in [-0.05, 0) is 30.7 Å². The van der Waals surface area contributed by atoms with Crippen LogP contribution >= 0.6 is 11.8 Å². The van der Waals surface area contributed by atoms with Crippen molar-refractivity contribution in [3.8, 4) is 0 Å². The Morgan fingerprint density at radius 1 is 1.27 bits per heavy atom. The van der Waals surface area contributed by atoms with Gasteiger partial charge in [-0.25, -0.2) is 4.39 Å². The lowest BCUT2D eigenvalue weighted by Crippen LogP contribution is -2.32. The van der Waals surface area contributed by atoms with Crippen LogP contribution < -0.4 is 5.32 Å². The molecule has 1 atom stereocenters. The monoisotopic (exact) mass is 388 g/mol. The number of rotatable bonds is 5. The van der Waals surface area contributed by atoms with E-state index in [4.69, 9.17) is 0 Å². The number of fused-ring (bicyclic) bond motifs is 1. The molecule has 3 rings (SSSR count). The van der Waals surface area contributed by atoms with Gasteiger partial charge in [-0.1, -0.05) is 0 Å². The number of nitrogens with one attached hydrogen (secondary N) is 1. The van der Waals surface area contributed by atoms with Gasteiger partial charge < -0.3 is 9.88 Å². The largest absolute Gasteiger partial charge is 0.392 e. The maximum atomic E-state index is 12.8. The van der Waals surface area contributed by atoms with Gasteiger partial charge in [0.05, 0.1) is 18.2 Å². The molecule has 1 aromatic heterocycles. The molecule has 1 aromatic carbocycles. The highest BCUT2D eigenvalue weighted by Gasteiger charge is 2.42. The molecule has 0 radical (unpaired) electrons. The van der Waals surface area contributed by atoms with Crippen LogP contribution in [-0.2, 0) is 24.3 Å². The lowest BCUT2D eigenvalue weighted by Gasteiger charge is -2.25. The maximum Gasteiger partial charge on any atom is 0.392 e. The molecular weight excluding hydrogens is 372 g/mol. The first-order valence-electron chi connectivity index (χ1n) is 7.95. The predicted octanol–water partition coefficient (Wildman–Crippen LogP) is 2.95. The highest BCUT2D eigenvalue weighted by molar-refractivity contribution is 8.00. The molecule has 1 N–H and O–H groups in total. The average molecular weight is 388 g/mol. The third-order valence-corrected chi connectivity index (χ3v) is 5.14. The number of hydrogen-bond acceptors (Lipinski definition) is 4. The Morgan fingerprint density at radius 2 is 2.00 bits per heavy atom. The number of halogens is 4. The number of carbonyl (C=O) groups excluding carboxylic acids is 1. The first-order valence-corrected chi connectivity index (χ1v) is 8.94. The number of aromatic nitrogens is 3. The van der Waals surface area contributed by atoms with Crippen molar-refractivity contribution < 1.29 is 22.4 Å². The average Bonchev–Trinajstić information content (AvgIpc) is 3.01. The second kappa shape index (κ2) is 7.65. The molecule has 1 aliphatic heterocycles. The van der Waals surface area contributed by atoms with E-state index >= 15 is 0 Å². The summed E-state index contributed by atoms with van der Waals surface area (Å²) in [6.07, 6.45) is -4.44. The number of amides is 1. The number of nitrogens with zero attached hydrogens (tertiary/aromatic N) is 3. The summed E-state index contributed by atoms with van der Waals surface area (Å²) >= 11 is 1.26. The number of hydrogen-bond donors (Lipinski definition) is 1. The van der Waals surface area contributed by atoms with E-state index in [-0.39, 0.29) is 43.4 Å². The molecule has 1 amide bonds. The minimum Gasteiger partial charge on any atom is -0.348 e. The van der Waals surface area contributed by atoms with E-state index in [1.165, 1.54) is 23.9 Å². The predicted molar refractivity (Wildman–Crippen MR) is 86.9 cm³/mol. The van der Waals surface area contributed by atoms with E-state index in [9.17, 15) is 22.4 Å². The fourth-order valence-corrected chi connectivity index (χ4v) is 3.44. The summed E-state index contributed by atoms with van der Waals surface area (Å²) in [6.45, 7) is 0.286. The summed E-state index contributed by atoms with van der Waals surface area (Å²) < 4.78 is 52.9. The molecule has 0 spiro atoms. The van der Waals surface area contributed by atoms with Crippen LogP contribution in [0.3, 0.4) is 0 Å². The topological polar surface area (TPSA) is 59.8 Å². The molecule has 0 fully saturated rings. The van der Waals surface area contributed by atoms with E-state index in [1.54, 1.807) is 16.7 Å². The Morgan fingerprint density at radius 3 is 2.69 bits per heavy atom. The Balaban J connectivity index is 1.50. The van der Waals surface area contributed by atoms with Gasteiger partial charge in [-0.3, -0.25) is 4.79 Å². The van der Waals surface area contributed by atoms with E-state index in [0.29, 0.717) is 11.6 Å². The van der Waals surface area contributed by atoms with E-state index in [1.807, 2.05) is 0 Å². The molecule has 1 aliphatic rings. The molecule has 0 saturated heterocycles. The summed E-state index contributed by atoms with van der Waals surface area (Å²) in [7, 11) is 0. The van der Waals surface area contributed by atoms with Crippen LogP contribution in [0.4, 0.5) is 17.6 Å². The highest BCUT2D eigenvalue weighted by Crippen LogP contribution is 2.34. The van der Waals surface area contributed by atoms with Gasteiger partial charge >= 0.3 is 6.18 Å². The zero-order valence-electron chi connectivity index (χ0n) is 13.6. The van der Waals surface area contributed by atoms with Crippen molar-refractivity contribution in [2.75, 3.05) is 5.75 Å². The summed E-state index contributed by atoms with van der Waals surface area (Å²) in [4.78, 5) is 12.7. The van der Waals surface area contributed by atoms with Crippen molar-refractivity contribution >= 4 is 17.7 Å². The first kappa shape index (κ1) is 18.7. The summed E-state index contributed by atoms with van der Waals surface area (Å²) in [5, 5.41) is 10.4. The Labute approximate surface area is 151 Å². The Kier molecular flexibility index (Phi) is 5.49. The van der Waals surface area contributed by atoms with Crippen LogP contribution in [0.2, 0.25) is 0 Å². The Hall–Kier alpha value is -2.10. The van der Waals surface area contributed by atoms with Crippen molar-refractivity contribution in [3.05, 3.63) is 41.7 Å². The Bertz CT molecular complexity index is 776. The van der Waals surface area contributed by atoms with Crippen molar-refractivity contribution in [1.29, 1.82) is 0 Å². The zero-order chi connectivity index (χ0) is 18.7. The standard InChI is InChI=1S/C16H16F4N4OS/c17-11-1-3-12(4-2-11)26-9-15(25)21-8-14-23-22-13-7-10(16(18,19)20)5-6-24(13)14/h1-4,10H,5-9H2,(H,21,25)/t10-/m1/s1. The van der Waals surface area contributed by atoms with Crippen molar-refractivity contribution in [2.24, 2.45) is 5.92 Å². The smallest absolute Gasteiger partial charge is 0.348 e. The normalized spacial score (nSPS) is 17.0. The molecule has 26 heavy (non-hydrogen) atoms. The summed E-state index contributed by atoms with van der Waals surface area (Å²) in [6, 6.07) is 5.80. The molecule has 0 bridgehead atoms. The van der Waals surface area contributed by atoms with Gasteiger partial charge in [0.15, 0.2) is 5.82 Å². The minimum atomic E-state index is -4.23. The lowest BCUT2D eigenvalue weighted by atomic mass is 9.97. The van der Waals surface area contributed by atoms with Crippen LogP contribution in [0.25, 0.3) is 0 Å². The zero-order valence-corrected chi connectivity index (χ0v) is 14.4. The molecule has 0 unspecified atom stereocenters. The van der Waals surface area contributed by atoms with Gasteiger partial charge in [-0.15, -0.1) is 22.0 Å². The SMILES string of the molecule is O=C(CSc1ccc(F)cc1)NCc1nnc2n1CC[C@@H](C(F)(F)F)C2. The molecule has 0 aliphatic carbocycles. The molecule has 0 saturated carbocycles. The molecule has 2 heterocycles. The van der Waals surface area contributed by atoms with E-state index < -0.39 is 12.1 Å². The fourth-order valence-electron chi connectivity index (χ4n) is 2.71. The molecular formula is C16H16F4N4OS. The summed E-state index contributed by atoms with van der Waals surface area (Å²) in [5.41, 5.74) is 0. The van der Waals surface area contributed by atoms with E-state index in [0.717, 1.165) is 4.90 Å². The van der Waals surface area contributed by atoms with Gasteiger partial charge in [0, 0.05) is 17.9 Å². The van der Waals surface area contributed by atoms with Crippen LogP contribution in [0.15, 0.2) is 29.2 Å². The third kappa shape index (κ3) is 4.54. The van der Waals surface area contributed by atoms with Crippen LogP contribution in [0.5, 0.6) is 0 Å². The fraction of sp³-hybridized carbons (Fsp3) is 0.438. The van der Waals surface area contributed by atoms with Gasteiger partial charge in [0.25, 0.3) is 0 Å². The summed E-state index contributed by atoms with van der Waals surface area (Å²) in [5.74, 6) is -1.11. The molecule has 10 heteroatoms. The van der Waals surface area contributed by atoms with Gasteiger partial charge in [0.1, 0.15) is 11.6 Å². The first-order chi connectivity index (χ1) is 12.3. The van der Waals surface area contributed by atoms with E-state index in [2.05, 4.69) is 15.5 Å². The van der Waals surface area contributed by atoms with Crippen molar-refractivity contribution in [2.45, 2.75) is 37.0 Å². The molecule has 140 valence electrons. The maximum absolute atomic E-state index is 12.8. The second-order valence-electron chi connectivity index (χ2n) is 5.93. The number of alkyl halides is 3. The number of carbonyl (C=O) groups is 1. The van der Waals surface area contributed by atoms with Crippen LogP contribution in [-0.4, -0.2) is 32.6 Å². The third-order valence-electron chi connectivity index (χ3n) is 4.12. The van der Waals surface area contributed by atoms with Crippen LogP contribution in [0.1, 0.15) is 18.1 Å². The minimum absolute atomic E-state index is 0.0180. The number of benzene rings is 1. The number of thioether (sulfide) groups is 1.